The van der Waals surface area contributed by atoms with Gasteiger partial charge in [-0.15, -0.1) is 11.8 Å². The Kier molecular flexibility index (Phi) is 4.97. The van der Waals surface area contributed by atoms with Gasteiger partial charge in [-0.25, -0.2) is 4.39 Å². The van der Waals surface area contributed by atoms with E-state index in [1.165, 1.54) is 6.07 Å². The van der Waals surface area contributed by atoms with E-state index in [0.717, 1.165) is 5.56 Å². The quantitative estimate of drug-likeness (QED) is 0.464. The predicted octanol–water partition coefficient (Wildman–Crippen LogP) is 2.44. The highest BCUT2D eigenvalue weighted by atomic mass is 19.1. The van der Waals surface area contributed by atoms with E-state index in [9.17, 15) is 4.39 Å². The molecule has 0 heterocycles. The maximum Gasteiger partial charge on any atom is 0.128 e. The lowest BCUT2D eigenvalue weighted by atomic mass is 10.0. The van der Waals surface area contributed by atoms with Crippen LogP contribution in [-0.4, -0.2) is 0 Å². The lowest BCUT2D eigenvalue weighted by Crippen LogP contribution is -2.28. The summed E-state index contributed by atoms with van der Waals surface area (Å²) in [6, 6.07) is 4.86. The fraction of sp³-hybridized carbons (Fsp3) is 0.385. The number of rotatable bonds is 4. The Labute approximate surface area is 96.0 Å². The summed E-state index contributed by atoms with van der Waals surface area (Å²) in [5, 5.41) is 0. The average molecular weight is 220 g/mol. The van der Waals surface area contributed by atoms with Gasteiger partial charge in [-0.2, -0.15) is 0 Å². The molecule has 0 fully saturated rings. The summed E-state index contributed by atoms with van der Waals surface area (Å²) in [7, 11) is 0. The van der Waals surface area contributed by atoms with Crippen molar-refractivity contribution < 1.29 is 4.39 Å². The lowest BCUT2D eigenvalue weighted by Gasteiger charge is -2.16. The van der Waals surface area contributed by atoms with E-state index < -0.39 is 0 Å². The molecule has 0 aliphatic carbocycles. The van der Waals surface area contributed by atoms with Gasteiger partial charge in [-0.3, -0.25) is 11.3 Å². The van der Waals surface area contributed by atoms with E-state index in [1.54, 1.807) is 13.0 Å². The molecule has 1 aromatic carbocycles. The summed E-state index contributed by atoms with van der Waals surface area (Å²) in [6.45, 7) is 3.72. The minimum Gasteiger partial charge on any atom is -0.271 e. The van der Waals surface area contributed by atoms with E-state index in [0.29, 0.717) is 18.4 Å². The Morgan fingerprint density at radius 1 is 1.50 bits per heavy atom. The molecule has 3 heteroatoms. The normalized spacial score (nSPS) is 11.8. The zero-order chi connectivity index (χ0) is 12.0. The number of hydrazine groups is 1. The highest BCUT2D eigenvalue weighted by Gasteiger charge is 2.13. The van der Waals surface area contributed by atoms with Gasteiger partial charge in [0.1, 0.15) is 5.82 Å². The van der Waals surface area contributed by atoms with Crippen LogP contribution in [-0.2, 0) is 0 Å². The van der Waals surface area contributed by atoms with Gasteiger partial charge in [-0.05, 0) is 26.3 Å². The first-order chi connectivity index (χ1) is 7.69. The highest BCUT2D eigenvalue weighted by molar-refractivity contribution is 5.27. The van der Waals surface area contributed by atoms with Crippen LogP contribution in [0.15, 0.2) is 18.2 Å². The molecule has 0 amide bonds. The first-order valence-corrected chi connectivity index (χ1v) is 5.30. The zero-order valence-corrected chi connectivity index (χ0v) is 9.68. The predicted molar refractivity (Wildman–Crippen MR) is 63.9 cm³/mol. The van der Waals surface area contributed by atoms with Gasteiger partial charge < -0.3 is 0 Å². The van der Waals surface area contributed by atoms with Crippen molar-refractivity contribution in [3.8, 4) is 11.8 Å². The SMILES string of the molecule is CC#CCCC(NN)c1cc(C)ccc1F. The Balaban J connectivity index is 2.84. The van der Waals surface area contributed by atoms with E-state index in [2.05, 4.69) is 17.3 Å². The number of halogens is 1. The van der Waals surface area contributed by atoms with Crippen LogP contribution in [0.2, 0.25) is 0 Å². The monoisotopic (exact) mass is 220 g/mol. The minimum atomic E-state index is -0.224. The lowest BCUT2D eigenvalue weighted by molar-refractivity contribution is 0.490. The van der Waals surface area contributed by atoms with Crippen molar-refractivity contribution in [3.63, 3.8) is 0 Å². The molecule has 2 nitrogen and oxygen atoms in total. The van der Waals surface area contributed by atoms with Crippen LogP contribution in [0.1, 0.15) is 36.9 Å². The van der Waals surface area contributed by atoms with Crippen LogP contribution in [0, 0.1) is 24.6 Å². The third kappa shape index (κ3) is 3.34. The fourth-order valence-electron chi connectivity index (χ4n) is 1.60. The molecule has 0 saturated heterocycles. The van der Waals surface area contributed by atoms with Gasteiger partial charge >= 0.3 is 0 Å². The highest BCUT2D eigenvalue weighted by Crippen LogP contribution is 2.21. The molecule has 1 aromatic rings. The number of nitrogens with one attached hydrogen (secondary N) is 1. The molecule has 0 spiro atoms. The number of benzene rings is 1. The first-order valence-electron chi connectivity index (χ1n) is 5.30. The molecule has 0 aromatic heterocycles. The number of aryl methyl sites for hydroxylation is 1. The molecule has 1 rings (SSSR count). The van der Waals surface area contributed by atoms with Gasteiger partial charge in [0.05, 0.1) is 0 Å². The molecule has 1 atom stereocenters. The van der Waals surface area contributed by atoms with Crippen molar-refractivity contribution in [2.75, 3.05) is 0 Å². The van der Waals surface area contributed by atoms with E-state index in [-0.39, 0.29) is 11.9 Å². The second-order valence-corrected chi connectivity index (χ2v) is 3.71. The summed E-state index contributed by atoms with van der Waals surface area (Å²) >= 11 is 0. The van der Waals surface area contributed by atoms with Crippen molar-refractivity contribution in [3.05, 3.63) is 35.1 Å². The molecular weight excluding hydrogens is 203 g/mol. The summed E-state index contributed by atoms with van der Waals surface area (Å²) in [4.78, 5) is 0. The molecule has 3 N–H and O–H groups in total. The Morgan fingerprint density at radius 3 is 2.88 bits per heavy atom. The van der Waals surface area contributed by atoms with Crippen molar-refractivity contribution in [2.24, 2.45) is 5.84 Å². The van der Waals surface area contributed by atoms with Crippen LogP contribution < -0.4 is 11.3 Å². The third-order valence-electron chi connectivity index (χ3n) is 2.46. The van der Waals surface area contributed by atoms with Crippen LogP contribution in [0.4, 0.5) is 4.39 Å². The Morgan fingerprint density at radius 2 is 2.25 bits per heavy atom. The molecule has 86 valence electrons. The third-order valence-corrected chi connectivity index (χ3v) is 2.46. The number of nitrogens with two attached hydrogens (primary N) is 1. The molecule has 0 aliphatic heterocycles. The summed E-state index contributed by atoms with van der Waals surface area (Å²) in [5.74, 6) is 11.0. The summed E-state index contributed by atoms with van der Waals surface area (Å²) in [6.07, 6.45) is 1.41. The van der Waals surface area contributed by atoms with Crippen molar-refractivity contribution >= 4 is 0 Å². The fourth-order valence-corrected chi connectivity index (χ4v) is 1.60. The van der Waals surface area contributed by atoms with Crippen LogP contribution in [0.5, 0.6) is 0 Å². The standard InChI is InChI=1S/C13H17FN2/c1-3-4-5-6-13(16-15)11-9-10(2)7-8-12(11)14/h7-9,13,16H,5-6,15H2,1-2H3. The van der Waals surface area contributed by atoms with Crippen LogP contribution >= 0.6 is 0 Å². The van der Waals surface area contributed by atoms with Gasteiger partial charge in [0.25, 0.3) is 0 Å². The zero-order valence-electron chi connectivity index (χ0n) is 9.68. The van der Waals surface area contributed by atoms with Crippen molar-refractivity contribution in [1.82, 2.24) is 5.43 Å². The molecule has 0 radical (unpaired) electrons. The first kappa shape index (κ1) is 12.7. The largest absolute Gasteiger partial charge is 0.271 e. The summed E-state index contributed by atoms with van der Waals surface area (Å²) in [5.41, 5.74) is 4.28. The molecule has 0 bridgehead atoms. The summed E-state index contributed by atoms with van der Waals surface area (Å²) < 4.78 is 13.6. The molecule has 1 unspecified atom stereocenters. The van der Waals surface area contributed by atoms with E-state index in [4.69, 9.17) is 5.84 Å². The van der Waals surface area contributed by atoms with Gasteiger partial charge in [0.2, 0.25) is 0 Å². The Bertz CT molecular complexity index is 404. The molecular formula is C13H17FN2. The second kappa shape index (κ2) is 6.26. The van der Waals surface area contributed by atoms with E-state index in [1.807, 2.05) is 13.0 Å². The smallest absolute Gasteiger partial charge is 0.128 e. The topological polar surface area (TPSA) is 38.0 Å². The average Bonchev–Trinajstić information content (AvgIpc) is 2.28. The van der Waals surface area contributed by atoms with E-state index >= 15 is 0 Å². The molecule has 0 aliphatic rings. The maximum atomic E-state index is 13.6. The minimum absolute atomic E-state index is 0.180. The number of hydrogen-bond acceptors (Lipinski definition) is 2. The molecule has 16 heavy (non-hydrogen) atoms. The Hall–Kier alpha value is -1.37. The second-order valence-electron chi connectivity index (χ2n) is 3.71. The van der Waals surface area contributed by atoms with Gasteiger partial charge in [-0.1, -0.05) is 17.7 Å². The van der Waals surface area contributed by atoms with Gasteiger partial charge in [0, 0.05) is 18.0 Å². The van der Waals surface area contributed by atoms with Crippen molar-refractivity contribution in [2.45, 2.75) is 32.7 Å². The number of hydrogen-bond donors (Lipinski definition) is 2. The molecule has 0 saturated carbocycles. The van der Waals surface area contributed by atoms with Crippen LogP contribution in [0.3, 0.4) is 0 Å². The van der Waals surface area contributed by atoms with Crippen molar-refractivity contribution in [1.29, 1.82) is 0 Å². The van der Waals surface area contributed by atoms with Crippen LogP contribution in [0.25, 0.3) is 0 Å². The maximum absolute atomic E-state index is 13.6. The van der Waals surface area contributed by atoms with Gasteiger partial charge in [0.15, 0.2) is 0 Å².